The Morgan fingerprint density at radius 3 is 0.883 bits per heavy atom. The molecule has 5 amide bonds. The molecule has 0 atom stereocenters. The molecule has 0 spiro atoms. The average Bonchev–Trinajstić information content (AvgIpc) is 1.57. The van der Waals surface area contributed by atoms with Crippen molar-refractivity contribution in [2.24, 2.45) is 0 Å². The number of hydrogen-bond acceptors (Lipinski definition) is 20. The first-order valence-electron chi connectivity index (χ1n) is 42.2. The normalized spacial score (nSPS) is 11.5. The third-order valence-corrected chi connectivity index (χ3v) is 24.4. The van der Waals surface area contributed by atoms with Crippen LogP contribution in [0.25, 0.3) is 67.0 Å². The monoisotopic (exact) mass is 1910 g/mol. The first kappa shape index (κ1) is 105. The third kappa shape index (κ3) is 24.6. The van der Waals surface area contributed by atoms with E-state index in [4.69, 9.17) is 69.6 Å². The number of halogens is 6. The molecule has 0 bridgehead atoms. The van der Waals surface area contributed by atoms with Crippen molar-refractivity contribution >= 4 is 171 Å². The highest BCUT2D eigenvalue weighted by molar-refractivity contribution is 7.88. The Hall–Kier alpha value is -10.4. The lowest BCUT2D eigenvalue weighted by Crippen LogP contribution is -2.34. The van der Waals surface area contributed by atoms with E-state index in [0.29, 0.717) is 115 Å². The molecule has 12 heterocycles. The zero-order valence-electron chi connectivity index (χ0n) is 75.7. The van der Waals surface area contributed by atoms with Crippen LogP contribution in [0.2, 0.25) is 30.1 Å². The molecule has 0 aliphatic rings. The van der Waals surface area contributed by atoms with Gasteiger partial charge in [-0.05, 0) is 91.1 Å². The quantitative estimate of drug-likeness (QED) is 0.0199. The van der Waals surface area contributed by atoms with Crippen molar-refractivity contribution < 1.29 is 32.3 Å². The molecule has 0 unspecified atom stereocenters. The molecule has 0 fully saturated rings. The van der Waals surface area contributed by atoms with Gasteiger partial charge >= 0.3 is 46.3 Å². The molecule has 128 heavy (non-hydrogen) atoms. The minimum Gasteiger partial charge on any atom is -0.453 e. The number of nitrogens with one attached hydrogen (secondary N) is 11. The number of methoxy groups -OCH3 is 1. The molecule has 0 aromatic carbocycles. The van der Waals surface area contributed by atoms with Crippen molar-refractivity contribution in [2.75, 3.05) is 48.6 Å². The van der Waals surface area contributed by atoms with E-state index in [-0.39, 0.29) is 125 Å². The van der Waals surface area contributed by atoms with Gasteiger partial charge in [0.1, 0.15) is 5.52 Å². The van der Waals surface area contributed by atoms with Gasteiger partial charge in [-0.15, -0.1) is 0 Å². The van der Waals surface area contributed by atoms with Gasteiger partial charge in [0.25, 0.3) is 5.91 Å². The minimum absolute atomic E-state index is 0.0000715. The number of nitrogens with zero attached hydrogens (tertiary/aromatic N) is 14. The number of urea groups is 1. The number of imidazole rings is 6. The van der Waals surface area contributed by atoms with Gasteiger partial charge in [0, 0.05) is 162 Å². The highest BCUT2D eigenvalue weighted by atomic mass is 35.5. The van der Waals surface area contributed by atoms with Crippen LogP contribution >= 0.6 is 69.6 Å². The summed E-state index contributed by atoms with van der Waals surface area (Å²) in [6.07, 6.45) is 19.2. The molecule has 12 aromatic rings. The number of fused-ring (bicyclic) bond motifs is 6. The molecule has 45 heteroatoms. The summed E-state index contributed by atoms with van der Waals surface area (Å²) in [7, 11) is 6.73. The van der Waals surface area contributed by atoms with Crippen LogP contribution in [0.15, 0.2) is 65.9 Å². The topological polar surface area (TPSA) is 482 Å². The number of amides is 5. The second-order valence-corrected chi connectivity index (χ2v) is 34.7. The summed E-state index contributed by atoms with van der Waals surface area (Å²) in [6.45, 7) is 27.1. The average molecular weight is 1920 g/mol. The van der Waals surface area contributed by atoms with Crippen LogP contribution < -0.4 is 60.1 Å². The predicted octanol–water partition coefficient (Wildman–Crippen LogP) is 14.2. The first-order chi connectivity index (χ1) is 60.7. The lowest BCUT2D eigenvalue weighted by molar-refractivity contribution is -0.119. The van der Waals surface area contributed by atoms with Gasteiger partial charge in [-0.3, -0.25) is 66.9 Å². The number of alkyl carbamates (subject to hydrolysis) is 1. The van der Waals surface area contributed by atoms with E-state index in [1.165, 1.54) is 57.0 Å². The van der Waals surface area contributed by atoms with E-state index in [1.54, 1.807) is 43.1 Å². The molecule has 0 aliphatic heterocycles. The lowest BCUT2D eigenvalue weighted by Gasteiger charge is -2.18. The maximum Gasteiger partial charge on any atom is 0.407 e. The Labute approximate surface area is 769 Å². The molecule has 12 rings (SSSR count). The van der Waals surface area contributed by atoms with Crippen LogP contribution in [-0.4, -0.2) is 178 Å². The van der Waals surface area contributed by atoms with Gasteiger partial charge < -0.3 is 35.8 Å². The molecule has 0 radical (unpaired) electrons. The SMILES string of the molecule is CCC(CC)n1c(=O)[nH]c2ncc(Cl)c(C(=O)NC)c21.CCC(CC)n1c(=O)[nH]c2ncc(Cl)c(CN(C)C)c21.CCC(CC)n1c(=O)[nH]c2ncc(Cl)c(CNC(=O)N(C)C)c21.CCC(CC)n1c(=O)[nH]c2ncc(Cl)c(CNC(=O)OC)c21.CCC(CC)n1c(=O)[nH]c2ncc(Cl)c(CNC(C)=O)c21.CCC(CC)n1c(=O)[nH]c2ncc(Cl)c(CNS(C)(=O)=O)c21. The van der Waals surface area contributed by atoms with Crippen molar-refractivity contribution in [3.8, 4) is 0 Å². The summed E-state index contributed by atoms with van der Waals surface area (Å²) in [6, 6.07) is 0.106. The Morgan fingerprint density at radius 2 is 0.633 bits per heavy atom. The summed E-state index contributed by atoms with van der Waals surface area (Å²) >= 11 is 37.3. The maximum atomic E-state index is 12.3. The van der Waals surface area contributed by atoms with Crippen molar-refractivity contribution in [1.82, 2.24) is 123 Å². The number of sulfonamides is 1. The van der Waals surface area contributed by atoms with E-state index in [2.05, 4.69) is 104 Å². The fraction of sp³-hybridized carbons (Fsp3) is 0.518. The fourth-order valence-corrected chi connectivity index (χ4v) is 16.8. The van der Waals surface area contributed by atoms with Crippen molar-refractivity contribution in [3.05, 3.63) is 164 Å². The van der Waals surface area contributed by atoms with E-state index >= 15 is 0 Å². The van der Waals surface area contributed by atoms with E-state index in [0.717, 1.165) is 94.4 Å². The number of carbonyl (C=O) groups is 4. The van der Waals surface area contributed by atoms with Crippen molar-refractivity contribution in [3.63, 3.8) is 0 Å². The second-order valence-electron chi connectivity index (χ2n) is 30.4. The van der Waals surface area contributed by atoms with Crippen LogP contribution in [0.4, 0.5) is 9.59 Å². The number of aromatic amines is 6. The number of ether oxygens (including phenoxy) is 1. The zero-order valence-corrected chi connectivity index (χ0v) is 81.0. The lowest BCUT2D eigenvalue weighted by atomic mass is 10.1. The molecule has 0 aliphatic carbocycles. The smallest absolute Gasteiger partial charge is 0.407 e. The minimum atomic E-state index is -3.37. The van der Waals surface area contributed by atoms with Crippen LogP contribution in [0.3, 0.4) is 0 Å². The molecule has 700 valence electrons. The molecular weight excluding hydrogens is 1800 g/mol. The fourth-order valence-electron chi connectivity index (χ4n) is 15.2. The highest BCUT2D eigenvalue weighted by Crippen LogP contribution is 2.34. The molecule has 0 saturated heterocycles. The number of H-pyrrole nitrogens is 6. The summed E-state index contributed by atoms with van der Waals surface area (Å²) < 4.78 is 39.7. The molecular formula is C83H117Cl6N25O13S. The number of carbonyl (C=O) groups excluding carboxylic acids is 4. The maximum absolute atomic E-state index is 12.3. The van der Waals surface area contributed by atoms with Gasteiger partial charge in [0.2, 0.25) is 15.9 Å². The van der Waals surface area contributed by atoms with E-state index in [9.17, 15) is 56.4 Å². The standard InChI is InChI=1S/C15H22ClN5O2.C14H19ClN4O3.C14H19ClN4O2.C14H21ClN4O.C13H19ClN4O3S.C13H17ClN4O2/c1-5-9(6-2)21-12-10(7-18-14(22)20(3)4)11(16)8-17-13(12)19-15(21)23;1-4-8(5-2)19-11-9(6-17-14(21)22-3)10(15)7-16-12(11)18-13(19)20;1-4-9(5-2)19-12-10(6-16-8(3)20)11(15)7-17-13(12)18-14(19)21;1-5-9(6-2)19-12-10(8-18(3)4)11(15)7-16-13(12)17-14(19)20;1-4-8(5-2)18-11-9(6-16-22(3,20)21)10(14)7-15-12(11)17-13(18)19;1-4-7(5-2)18-10-9(12(19)15-3)8(14)6-16-11(10)17-13(18)20/h8-9H,5-7H2,1-4H3,(H,18,22)(H,17,19,23);7-8H,4-6H2,1-3H3,(H,17,21)(H,16,18,20);7,9H,4-6H2,1-3H3,(H,16,20)(H,17,18,21);7,9H,5-6,8H2,1-4H3,(H,16,17,20);7-8,16H,4-6H2,1-3H3,(H,15,17,19);6-7H,4-5H2,1-3H3,(H,15,19)(H,16,17,20). The van der Waals surface area contributed by atoms with Gasteiger partial charge in [0.15, 0.2) is 33.9 Å². The van der Waals surface area contributed by atoms with Crippen molar-refractivity contribution in [2.45, 2.75) is 236 Å². The third-order valence-electron chi connectivity index (χ3n) is 21.9. The number of pyridine rings is 6. The molecule has 12 aromatic heterocycles. The van der Waals surface area contributed by atoms with E-state index in [1.807, 2.05) is 92.8 Å². The molecule has 38 nitrogen and oxygen atoms in total. The summed E-state index contributed by atoms with van der Waals surface area (Å²) in [4.78, 5) is 165. The molecule has 11 N–H and O–H groups in total. The Morgan fingerprint density at radius 1 is 0.391 bits per heavy atom. The Balaban J connectivity index is 0.000000211. The number of aromatic nitrogens is 18. The molecule has 0 saturated carbocycles. The van der Waals surface area contributed by atoms with Crippen LogP contribution in [0.5, 0.6) is 0 Å². The largest absolute Gasteiger partial charge is 0.453 e. The predicted molar refractivity (Wildman–Crippen MR) is 505 cm³/mol. The van der Waals surface area contributed by atoms with Gasteiger partial charge in [-0.1, -0.05) is 153 Å². The van der Waals surface area contributed by atoms with Crippen molar-refractivity contribution in [1.29, 1.82) is 0 Å². The second kappa shape index (κ2) is 47.8. The van der Waals surface area contributed by atoms with Crippen LogP contribution in [-0.2, 0) is 52.3 Å². The van der Waals surface area contributed by atoms with E-state index < -0.39 is 16.1 Å². The Bertz CT molecular complexity index is 6370. The van der Waals surface area contributed by atoms with Crippen LogP contribution in [0, 0.1) is 0 Å². The first-order valence-corrected chi connectivity index (χ1v) is 46.4. The summed E-state index contributed by atoms with van der Waals surface area (Å²) in [5.74, 6) is -0.482. The zero-order chi connectivity index (χ0) is 95.2. The number of hydrogen-bond donors (Lipinski definition) is 11. The number of rotatable bonds is 30. The highest BCUT2D eigenvalue weighted by Gasteiger charge is 2.29. The van der Waals surface area contributed by atoms with Crippen LogP contribution in [0.1, 0.15) is 241 Å². The van der Waals surface area contributed by atoms with Gasteiger partial charge in [-0.2, -0.15) is 0 Å². The summed E-state index contributed by atoms with van der Waals surface area (Å²) in [5.41, 5.74) is 9.23. The Kier molecular flexibility index (Phi) is 39.1. The van der Waals surface area contributed by atoms with Gasteiger partial charge in [-0.25, -0.2) is 81.4 Å². The van der Waals surface area contributed by atoms with Gasteiger partial charge in [0.05, 0.1) is 76.6 Å². The summed E-state index contributed by atoms with van der Waals surface area (Å²) in [5, 5.41) is 13.1.